The lowest BCUT2D eigenvalue weighted by Gasteiger charge is -2.02. The molecule has 0 spiro atoms. The maximum absolute atomic E-state index is 14.2. The molecule has 0 fully saturated rings. The second-order valence-corrected chi connectivity index (χ2v) is 11.5. The van der Waals surface area contributed by atoms with Crippen LogP contribution in [-0.2, 0) is 0 Å². The van der Waals surface area contributed by atoms with Crippen LogP contribution in [0.25, 0.3) is 75.6 Å². The van der Waals surface area contributed by atoms with Crippen molar-refractivity contribution in [2.45, 2.75) is 0 Å². The molecule has 46 heavy (non-hydrogen) atoms. The van der Waals surface area contributed by atoms with Crippen molar-refractivity contribution in [2.24, 2.45) is 0 Å². The molecule has 18 heteroatoms. The van der Waals surface area contributed by atoms with Gasteiger partial charge in [-0.05, 0) is 35.0 Å². The zero-order valence-corrected chi connectivity index (χ0v) is 23.4. The molecule has 0 unspecified atom stereocenters. The highest BCUT2D eigenvalue weighted by Crippen LogP contribution is 2.39. The van der Waals surface area contributed by atoms with Crippen molar-refractivity contribution in [3.8, 4) is 42.7 Å². The van der Waals surface area contributed by atoms with E-state index in [2.05, 4.69) is 29.9 Å². The summed E-state index contributed by atoms with van der Waals surface area (Å²) in [6.07, 6.45) is 2.38. The fraction of sp³-hybridized carbons (Fsp3) is 0. The van der Waals surface area contributed by atoms with Gasteiger partial charge in [0.25, 0.3) is 23.8 Å². The van der Waals surface area contributed by atoms with Gasteiger partial charge in [0.1, 0.15) is 30.8 Å². The van der Waals surface area contributed by atoms with Crippen LogP contribution in [0.15, 0.2) is 45.5 Å². The third-order valence-corrected chi connectivity index (χ3v) is 8.71. The van der Waals surface area contributed by atoms with E-state index >= 15 is 0 Å². The molecule has 0 atom stereocenters. The van der Waals surface area contributed by atoms with Crippen molar-refractivity contribution < 1.29 is 44.0 Å². The first-order valence-corrected chi connectivity index (χ1v) is 14.2. The van der Waals surface area contributed by atoms with Gasteiger partial charge in [0.05, 0.1) is 23.5 Å². The summed E-state index contributed by atoms with van der Waals surface area (Å²) >= 11 is 1.38. The lowest BCUT2D eigenvalue weighted by molar-refractivity contribution is 0.410. The molecule has 0 amide bonds. The zero-order chi connectivity index (χ0) is 32.0. The predicted octanol–water partition coefficient (Wildman–Crippen LogP) is 8.61. The van der Waals surface area contributed by atoms with Crippen LogP contribution in [-0.4, -0.2) is 29.9 Å². The number of thiazole rings is 2. The van der Waals surface area contributed by atoms with Crippen molar-refractivity contribution in [1.29, 1.82) is 0 Å². The summed E-state index contributed by atoms with van der Waals surface area (Å²) in [5.41, 5.74) is -0.636. The Hall–Kier alpha value is -5.36. The number of halogens is 8. The molecule has 8 rings (SSSR count). The summed E-state index contributed by atoms with van der Waals surface area (Å²) in [6, 6.07) is 6.62. The van der Waals surface area contributed by atoms with Crippen LogP contribution in [0.2, 0.25) is 0 Å². The first-order valence-electron chi connectivity index (χ1n) is 12.5. The molecule has 0 aliphatic heterocycles. The van der Waals surface area contributed by atoms with Crippen molar-refractivity contribution in [3.05, 3.63) is 83.7 Å². The monoisotopic (exact) mass is 674 g/mol. The molecule has 8 aromatic rings. The van der Waals surface area contributed by atoms with Gasteiger partial charge in [0, 0.05) is 0 Å². The summed E-state index contributed by atoms with van der Waals surface area (Å²) in [6.45, 7) is 0. The number of benzene rings is 2. The van der Waals surface area contributed by atoms with E-state index in [1.165, 1.54) is 12.4 Å². The molecule has 2 aromatic carbocycles. The van der Waals surface area contributed by atoms with Gasteiger partial charge < -0.3 is 8.83 Å². The number of hydrogen-bond donors (Lipinski definition) is 0. The molecule has 228 valence electrons. The van der Waals surface area contributed by atoms with Gasteiger partial charge in [0.2, 0.25) is 11.8 Å². The third kappa shape index (κ3) is 4.31. The van der Waals surface area contributed by atoms with E-state index in [0.29, 0.717) is 55.6 Å². The second kappa shape index (κ2) is 10.1. The van der Waals surface area contributed by atoms with Gasteiger partial charge >= 0.3 is 0 Å². The Morgan fingerprint density at radius 3 is 1.22 bits per heavy atom. The van der Waals surface area contributed by atoms with Crippen LogP contribution in [0.5, 0.6) is 0 Å². The van der Waals surface area contributed by atoms with Crippen molar-refractivity contribution >= 4 is 55.6 Å². The quantitative estimate of drug-likeness (QED) is 0.135. The molecule has 0 N–H and O–H groups in total. The van der Waals surface area contributed by atoms with Crippen LogP contribution in [0.4, 0.5) is 35.1 Å². The van der Waals surface area contributed by atoms with E-state index in [1.54, 1.807) is 24.3 Å². The van der Waals surface area contributed by atoms with Crippen LogP contribution in [0, 0.1) is 47.1 Å². The number of rotatable bonds is 4. The lowest BCUT2D eigenvalue weighted by atomic mass is 10.1. The molecule has 0 bridgehead atoms. The van der Waals surface area contributed by atoms with E-state index < -0.39 is 58.2 Å². The molecular formula is C28H6F8N6O2S2. The van der Waals surface area contributed by atoms with Gasteiger partial charge in [-0.15, -0.1) is 22.7 Å². The predicted molar refractivity (Wildman–Crippen MR) is 147 cm³/mol. The topological polar surface area (TPSA) is 104 Å². The summed E-state index contributed by atoms with van der Waals surface area (Å²) in [7, 11) is 0. The minimum Gasteiger partial charge on any atom is -0.435 e. The minimum atomic E-state index is -1.81. The van der Waals surface area contributed by atoms with Crippen LogP contribution in [0.3, 0.4) is 0 Å². The Morgan fingerprint density at radius 1 is 0.478 bits per heavy atom. The van der Waals surface area contributed by atoms with Gasteiger partial charge in [-0.25, -0.2) is 37.5 Å². The van der Waals surface area contributed by atoms with Crippen LogP contribution >= 0.6 is 22.7 Å². The highest BCUT2D eigenvalue weighted by Gasteiger charge is 2.27. The molecule has 0 aliphatic carbocycles. The molecule has 0 aliphatic rings. The maximum atomic E-state index is 14.2. The van der Waals surface area contributed by atoms with Crippen molar-refractivity contribution in [3.63, 3.8) is 0 Å². The normalized spacial score (nSPS) is 11.9. The Labute approximate surface area is 255 Å². The Kier molecular flexibility index (Phi) is 6.16. The van der Waals surface area contributed by atoms with E-state index in [0.717, 1.165) is 0 Å². The van der Waals surface area contributed by atoms with Crippen LogP contribution < -0.4 is 0 Å². The van der Waals surface area contributed by atoms with Gasteiger partial charge in [0.15, 0.2) is 34.4 Å². The summed E-state index contributed by atoms with van der Waals surface area (Å²) in [5.74, 6) is -14.0. The van der Waals surface area contributed by atoms with Gasteiger partial charge in [-0.2, -0.15) is 27.5 Å². The maximum Gasteiger partial charge on any atom is 0.252 e. The summed E-state index contributed by atoms with van der Waals surface area (Å²) in [5, 5.41) is 0.555. The first-order chi connectivity index (χ1) is 22.0. The smallest absolute Gasteiger partial charge is 0.252 e. The fourth-order valence-electron chi connectivity index (χ4n) is 4.63. The fourth-order valence-corrected chi connectivity index (χ4v) is 6.38. The number of oxazole rings is 2. The Balaban J connectivity index is 1.14. The standard InChI is InChI=1S/C28H6F8N6O2S2/c29-17-15(18(30)22(34)41-21(17)33)27-37-5-13(45-27)25-39-9-1-7-3-12-10(2-8(7)4-11(9)43-25)40-26(44-12)14-6-38-28(46-14)16-19(31)23(35)42-24(36)20(16)32/h1-6H. The Morgan fingerprint density at radius 2 is 0.848 bits per heavy atom. The van der Waals surface area contributed by atoms with Gasteiger partial charge in [-0.1, -0.05) is 0 Å². The largest absolute Gasteiger partial charge is 0.435 e. The van der Waals surface area contributed by atoms with Gasteiger partial charge in [-0.3, -0.25) is 0 Å². The van der Waals surface area contributed by atoms with Crippen molar-refractivity contribution in [1.82, 2.24) is 29.9 Å². The average molecular weight is 675 g/mol. The summed E-state index contributed by atoms with van der Waals surface area (Å²) in [4.78, 5) is 22.0. The molecule has 0 saturated heterocycles. The number of hydrogen-bond acceptors (Lipinski definition) is 10. The van der Waals surface area contributed by atoms with E-state index in [4.69, 9.17) is 8.83 Å². The lowest BCUT2D eigenvalue weighted by Crippen LogP contribution is -2.02. The summed E-state index contributed by atoms with van der Waals surface area (Å²) < 4.78 is 123. The average Bonchev–Trinajstić information content (AvgIpc) is 3.83. The highest BCUT2D eigenvalue weighted by atomic mass is 32.1. The van der Waals surface area contributed by atoms with E-state index in [1.807, 2.05) is 0 Å². The molecule has 0 radical (unpaired) electrons. The number of nitrogens with zero attached hydrogens (tertiary/aromatic N) is 6. The van der Waals surface area contributed by atoms with Crippen LogP contribution in [0.1, 0.15) is 0 Å². The third-order valence-electron chi connectivity index (χ3n) is 6.71. The highest BCUT2D eigenvalue weighted by molar-refractivity contribution is 7.18. The van der Waals surface area contributed by atoms with Crippen molar-refractivity contribution in [2.75, 3.05) is 0 Å². The molecular weight excluding hydrogens is 668 g/mol. The molecule has 6 aromatic heterocycles. The minimum absolute atomic E-state index is 0.0248. The molecule has 8 nitrogen and oxygen atoms in total. The second-order valence-electron chi connectivity index (χ2n) is 9.48. The number of aromatic nitrogens is 6. The van der Waals surface area contributed by atoms with E-state index in [9.17, 15) is 35.1 Å². The first kappa shape index (κ1) is 28.1. The SMILES string of the molecule is Fc1nc(F)c(F)c(-c2ncc(-c3nc4cc5cc6oc(-c7cnc(-c8c(F)c(F)nc(F)c8F)s7)nc6cc5cc4o3)s2)c1F. The van der Waals surface area contributed by atoms with E-state index in [-0.39, 0.29) is 31.6 Å². The number of fused-ring (bicyclic) bond motifs is 3. The number of pyridine rings is 2. The molecule has 6 heterocycles. The zero-order valence-electron chi connectivity index (χ0n) is 21.8. The Bertz CT molecular complexity index is 2270. The molecule has 0 saturated carbocycles.